The molecule has 0 saturated heterocycles. The molecule has 0 radical (unpaired) electrons. The predicted molar refractivity (Wildman–Crippen MR) is 62.3 cm³/mol. The van der Waals surface area contributed by atoms with Crippen molar-refractivity contribution in [1.29, 1.82) is 0 Å². The normalized spacial score (nSPS) is 19.5. The van der Waals surface area contributed by atoms with Crippen molar-refractivity contribution in [3.8, 4) is 0 Å². The fraction of sp³-hybridized carbons (Fsp3) is 0.643. The van der Waals surface area contributed by atoms with E-state index in [2.05, 4.69) is 6.92 Å². The third-order valence-electron chi connectivity index (χ3n) is 4.01. The van der Waals surface area contributed by atoms with Gasteiger partial charge >= 0.3 is 0 Å². The summed E-state index contributed by atoms with van der Waals surface area (Å²) in [5, 5.41) is 0. The summed E-state index contributed by atoms with van der Waals surface area (Å²) < 4.78 is 0. The Balaban J connectivity index is 2.18. The summed E-state index contributed by atoms with van der Waals surface area (Å²) >= 11 is 0. The second kappa shape index (κ2) is 3.62. The minimum atomic E-state index is 1.23. The van der Waals surface area contributed by atoms with Gasteiger partial charge in [0.05, 0.1) is 0 Å². The highest BCUT2D eigenvalue weighted by molar-refractivity contribution is 5.42. The van der Waals surface area contributed by atoms with E-state index in [-0.39, 0.29) is 0 Å². The molecule has 0 atom stereocenters. The van der Waals surface area contributed by atoms with E-state index in [0.29, 0.717) is 0 Å². The van der Waals surface area contributed by atoms with E-state index >= 15 is 0 Å². The minimum Gasteiger partial charge on any atom is -0.258 e. The molecule has 0 saturated carbocycles. The summed E-state index contributed by atoms with van der Waals surface area (Å²) in [6.45, 7) is 2.21. The summed E-state index contributed by atoms with van der Waals surface area (Å²) in [7, 11) is 0. The van der Waals surface area contributed by atoms with E-state index in [1.165, 1.54) is 62.8 Å². The highest BCUT2D eigenvalue weighted by Crippen LogP contribution is 2.31. The summed E-state index contributed by atoms with van der Waals surface area (Å²) in [5.74, 6) is 0. The zero-order chi connectivity index (χ0) is 10.3. The Bertz CT molecular complexity index is 393. The number of rotatable bonds is 0. The van der Waals surface area contributed by atoms with Crippen LogP contribution in [0.4, 0.5) is 0 Å². The molecule has 0 amide bonds. The van der Waals surface area contributed by atoms with Crippen LogP contribution in [-0.4, -0.2) is 4.98 Å². The lowest BCUT2D eigenvalue weighted by atomic mass is 9.82. The lowest BCUT2D eigenvalue weighted by Crippen LogP contribution is -2.16. The SMILES string of the molecule is Cc1nc2c(c3c1CCCC3)CCCC2. The van der Waals surface area contributed by atoms with E-state index in [4.69, 9.17) is 4.98 Å². The maximum atomic E-state index is 4.83. The molecule has 1 aromatic rings. The lowest BCUT2D eigenvalue weighted by molar-refractivity contribution is 0.620. The first-order chi connectivity index (χ1) is 7.36. The molecular formula is C14H19N. The van der Waals surface area contributed by atoms with Gasteiger partial charge in [-0.1, -0.05) is 0 Å². The molecule has 2 aliphatic carbocycles. The van der Waals surface area contributed by atoms with Crippen LogP contribution in [0.1, 0.15) is 53.8 Å². The number of aryl methyl sites for hydroxylation is 2. The Morgan fingerprint density at radius 3 is 2.13 bits per heavy atom. The Hall–Kier alpha value is -0.850. The monoisotopic (exact) mass is 201 g/mol. The van der Waals surface area contributed by atoms with Crippen LogP contribution in [0.2, 0.25) is 0 Å². The third kappa shape index (κ3) is 1.49. The first kappa shape index (κ1) is 9.38. The van der Waals surface area contributed by atoms with Gasteiger partial charge in [0.1, 0.15) is 0 Å². The molecule has 1 nitrogen and oxygen atoms in total. The second-order valence-electron chi connectivity index (χ2n) is 4.99. The molecule has 0 aliphatic heterocycles. The van der Waals surface area contributed by atoms with Crippen LogP contribution in [-0.2, 0) is 25.7 Å². The van der Waals surface area contributed by atoms with E-state index in [1.54, 1.807) is 16.7 Å². The Morgan fingerprint density at radius 2 is 1.33 bits per heavy atom. The van der Waals surface area contributed by atoms with Gasteiger partial charge in [-0.3, -0.25) is 4.98 Å². The van der Waals surface area contributed by atoms with Crippen molar-refractivity contribution in [3.05, 3.63) is 28.1 Å². The van der Waals surface area contributed by atoms with E-state index in [1.807, 2.05) is 0 Å². The number of hydrogen-bond acceptors (Lipinski definition) is 1. The summed E-state index contributed by atoms with van der Waals surface area (Å²) in [6, 6.07) is 0. The maximum absolute atomic E-state index is 4.83. The zero-order valence-corrected chi connectivity index (χ0v) is 9.60. The van der Waals surface area contributed by atoms with Gasteiger partial charge in [-0.2, -0.15) is 0 Å². The molecule has 0 unspecified atom stereocenters. The average Bonchev–Trinajstić information content (AvgIpc) is 2.30. The van der Waals surface area contributed by atoms with Crippen molar-refractivity contribution in [2.45, 2.75) is 58.3 Å². The van der Waals surface area contributed by atoms with E-state index in [9.17, 15) is 0 Å². The molecular weight excluding hydrogens is 182 g/mol. The molecule has 0 spiro atoms. The number of nitrogens with zero attached hydrogens (tertiary/aromatic N) is 1. The maximum Gasteiger partial charge on any atom is 0.0441 e. The topological polar surface area (TPSA) is 12.9 Å². The Kier molecular flexibility index (Phi) is 2.27. The van der Waals surface area contributed by atoms with Crippen LogP contribution in [0, 0.1) is 6.92 Å². The molecule has 15 heavy (non-hydrogen) atoms. The molecule has 1 aromatic heterocycles. The van der Waals surface area contributed by atoms with Crippen molar-refractivity contribution >= 4 is 0 Å². The molecule has 2 aliphatic rings. The van der Waals surface area contributed by atoms with Crippen molar-refractivity contribution in [2.75, 3.05) is 0 Å². The second-order valence-corrected chi connectivity index (χ2v) is 4.99. The highest BCUT2D eigenvalue weighted by atomic mass is 14.7. The van der Waals surface area contributed by atoms with Crippen LogP contribution in [0.3, 0.4) is 0 Å². The fourth-order valence-corrected chi connectivity index (χ4v) is 3.25. The van der Waals surface area contributed by atoms with Crippen LogP contribution in [0.15, 0.2) is 0 Å². The lowest BCUT2D eigenvalue weighted by Gasteiger charge is -2.26. The van der Waals surface area contributed by atoms with Crippen LogP contribution in [0.5, 0.6) is 0 Å². The first-order valence-corrected chi connectivity index (χ1v) is 6.36. The zero-order valence-electron chi connectivity index (χ0n) is 9.60. The molecule has 1 heteroatoms. The van der Waals surface area contributed by atoms with Gasteiger partial charge in [-0.15, -0.1) is 0 Å². The van der Waals surface area contributed by atoms with Gasteiger partial charge < -0.3 is 0 Å². The quantitative estimate of drug-likeness (QED) is 0.628. The number of fused-ring (bicyclic) bond motifs is 3. The smallest absolute Gasteiger partial charge is 0.0441 e. The molecule has 80 valence electrons. The van der Waals surface area contributed by atoms with Gasteiger partial charge in [-0.25, -0.2) is 0 Å². The van der Waals surface area contributed by atoms with Crippen molar-refractivity contribution in [2.24, 2.45) is 0 Å². The molecule has 0 aromatic carbocycles. The number of pyridine rings is 1. The van der Waals surface area contributed by atoms with Crippen LogP contribution < -0.4 is 0 Å². The van der Waals surface area contributed by atoms with Gasteiger partial charge in [0, 0.05) is 11.4 Å². The predicted octanol–water partition coefficient (Wildman–Crippen LogP) is 3.15. The number of aromatic nitrogens is 1. The van der Waals surface area contributed by atoms with Crippen molar-refractivity contribution in [1.82, 2.24) is 4.98 Å². The van der Waals surface area contributed by atoms with Gasteiger partial charge in [0.25, 0.3) is 0 Å². The molecule has 0 bridgehead atoms. The average molecular weight is 201 g/mol. The molecule has 0 fully saturated rings. The van der Waals surface area contributed by atoms with Gasteiger partial charge in [0.15, 0.2) is 0 Å². The summed E-state index contributed by atoms with van der Waals surface area (Å²) in [4.78, 5) is 4.83. The first-order valence-electron chi connectivity index (χ1n) is 6.36. The number of hydrogen-bond donors (Lipinski definition) is 0. The minimum absolute atomic E-state index is 1.23. The molecule has 1 heterocycles. The molecule has 3 rings (SSSR count). The van der Waals surface area contributed by atoms with Crippen LogP contribution >= 0.6 is 0 Å². The van der Waals surface area contributed by atoms with Crippen molar-refractivity contribution < 1.29 is 0 Å². The Labute approximate surface area is 91.9 Å². The van der Waals surface area contributed by atoms with Crippen molar-refractivity contribution in [3.63, 3.8) is 0 Å². The molecule has 0 N–H and O–H groups in total. The highest BCUT2D eigenvalue weighted by Gasteiger charge is 2.21. The van der Waals surface area contributed by atoms with Gasteiger partial charge in [-0.05, 0) is 75.0 Å². The largest absolute Gasteiger partial charge is 0.258 e. The fourth-order valence-electron chi connectivity index (χ4n) is 3.25. The summed E-state index contributed by atoms with van der Waals surface area (Å²) in [5.41, 5.74) is 7.69. The summed E-state index contributed by atoms with van der Waals surface area (Å²) in [6.07, 6.45) is 10.6. The van der Waals surface area contributed by atoms with E-state index in [0.717, 1.165) is 0 Å². The Morgan fingerprint density at radius 1 is 0.733 bits per heavy atom. The van der Waals surface area contributed by atoms with E-state index < -0.39 is 0 Å². The van der Waals surface area contributed by atoms with Gasteiger partial charge in [0.2, 0.25) is 0 Å². The third-order valence-corrected chi connectivity index (χ3v) is 4.01. The van der Waals surface area contributed by atoms with Crippen LogP contribution in [0.25, 0.3) is 0 Å². The standard InChI is InChI=1S/C14H19N/c1-10-11-6-2-3-7-12(11)13-8-4-5-9-14(13)15-10/h2-9H2,1H3.